The van der Waals surface area contributed by atoms with Crippen LogP contribution in [0.2, 0.25) is 10.0 Å². The van der Waals surface area contributed by atoms with Crippen LogP contribution in [0.5, 0.6) is 0 Å². The van der Waals surface area contributed by atoms with Crippen LogP contribution in [-0.2, 0) is 12.8 Å². The second-order valence-electron chi connectivity index (χ2n) is 8.06. The first kappa shape index (κ1) is 23.3. The third-order valence-corrected chi connectivity index (χ3v) is 6.33. The molecule has 1 N–H and O–H groups in total. The molecule has 1 fully saturated rings. The number of amides is 2. The Morgan fingerprint density at radius 2 is 1.76 bits per heavy atom. The maximum Gasteiger partial charge on any atom is 0.322 e. The minimum Gasteiger partial charge on any atom is -0.353 e. The summed E-state index contributed by atoms with van der Waals surface area (Å²) < 4.78 is 0. The number of anilines is 2. The van der Waals surface area contributed by atoms with Gasteiger partial charge in [0.2, 0.25) is 0 Å². The highest BCUT2D eigenvalue weighted by molar-refractivity contribution is 6.36. The Labute approximate surface area is 204 Å². The molecule has 0 radical (unpaired) electrons. The summed E-state index contributed by atoms with van der Waals surface area (Å²) in [5.74, 6) is 1.75. The summed E-state index contributed by atoms with van der Waals surface area (Å²) in [6, 6.07) is 15.3. The molecule has 4 rings (SSSR count). The van der Waals surface area contributed by atoms with E-state index in [4.69, 9.17) is 33.2 Å². The molecule has 0 spiro atoms. The number of benzene rings is 2. The van der Waals surface area contributed by atoms with Crippen molar-refractivity contribution in [1.29, 1.82) is 0 Å². The lowest BCUT2D eigenvalue weighted by Gasteiger charge is -2.36. The van der Waals surface area contributed by atoms with Crippen LogP contribution in [-0.4, -0.2) is 47.1 Å². The third kappa shape index (κ3) is 5.57. The summed E-state index contributed by atoms with van der Waals surface area (Å²) in [6.45, 7) is 6.64. The van der Waals surface area contributed by atoms with E-state index in [1.807, 2.05) is 13.0 Å². The van der Waals surface area contributed by atoms with E-state index >= 15 is 0 Å². The normalized spacial score (nSPS) is 13.8. The quantitative estimate of drug-likeness (QED) is 0.512. The molecule has 3 aromatic rings. The van der Waals surface area contributed by atoms with E-state index in [9.17, 15) is 4.79 Å². The molecule has 1 aliphatic rings. The molecule has 0 saturated carbocycles. The summed E-state index contributed by atoms with van der Waals surface area (Å²) >= 11 is 12.2. The number of carbonyl (C=O) groups is 1. The van der Waals surface area contributed by atoms with Crippen LogP contribution >= 0.6 is 23.2 Å². The van der Waals surface area contributed by atoms with Gasteiger partial charge in [0.25, 0.3) is 0 Å². The zero-order chi connectivity index (χ0) is 23.4. The summed E-state index contributed by atoms with van der Waals surface area (Å²) in [5, 5.41) is 3.84. The van der Waals surface area contributed by atoms with Crippen molar-refractivity contribution in [3.05, 3.63) is 81.2 Å². The molecule has 172 valence electrons. The molecular weight excluding hydrogens is 457 g/mol. The van der Waals surface area contributed by atoms with E-state index in [2.05, 4.69) is 41.4 Å². The van der Waals surface area contributed by atoms with Gasteiger partial charge in [-0.25, -0.2) is 14.8 Å². The van der Waals surface area contributed by atoms with Crippen molar-refractivity contribution in [2.24, 2.45) is 0 Å². The fourth-order valence-electron chi connectivity index (χ4n) is 4.08. The van der Waals surface area contributed by atoms with Gasteiger partial charge in [0.1, 0.15) is 11.6 Å². The van der Waals surface area contributed by atoms with Crippen LogP contribution < -0.4 is 10.2 Å². The Kier molecular flexibility index (Phi) is 7.36. The van der Waals surface area contributed by atoms with Crippen molar-refractivity contribution < 1.29 is 4.79 Å². The average Bonchev–Trinajstić information content (AvgIpc) is 2.82. The predicted molar refractivity (Wildman–Crippen MR) is 135 cm³/mol. The molecule has 0 aliphatic carbocycles. The van der Waals surface area contributed by atoms with Gasteiger partial charge in [0, 0.05) is 48.9 Å². The summed E-state index contributed by atoms with van der Waals surface area (Å²) in [7, 11) is 0. The zero-order valence-corrected chi connectivity index (χ0v) is 20.3. The van der Waals surface area contributed by atoms with Crippen LogP contribution in [0.4, 0.5) is 16.3 Å². The Bertz CT molecular complexity index is 1130. The molecular formula is C25H27Cl2N5O. The van der Waals surface area contributed by atoms with Crippen molar-refractivity contribution in [3.8, 4) is 0 Å². The highest BCUT2D eigenvalue weighted by Crippen LogP contribution is 2.27. The van der Waals surface area contributed by atoms with Crippen LogP contribution in [0.25, 0.3) is 0 Å². The highest BCUT2D eigenvalue weighted by atomic mass is 35.5. The Balaban J connectivity index is 1.49. The van der Waals surface area contributed by atoms with Gasteiger partial charge in [-0.05, 0) is 37.1 Å². The lowest BCUT2D eigenvalue weighted by molar-refractivity contribution is 0.208. The first-order valence-corrected chi connectivity index (χ1v) is 11.9. The smallest absolute Gasteiger partial charge is 0.322 e. The fourth-order valence-corrected chi connectivity index (χ4v) is 4.53. The fraction of sp³-hybridized carbons (Fsp3) is 0.320. The molecule has 8 heteroatoms. The van der Waals surface area contributed by atoms with Gasteiger partial charge in [0.15, 0.2) is 0 Å². The lowest BCUT2D eigenvalue weighted by atomic mass is 10.0. The Morgan fingerprint density at radius 3 is 2.42 bits per heavy atom. The SMILES string of the molecule is CCc1nc(C)nc(N2CCN(C(=O)Nc3ccc(Cl)cc3Cl)CC2)c1Cc1ccccc1. The number of halogens is 2. The average molecular weight is 484 g/mol. The van der Waals surface area contributed by atoms with E-state index in [0.29, 0.717) is 41.9 Å². The number of hydrogen-bond acceptors (Lipinski definition) is 4. The molecule has 6 nitrogen and oxygen atoms in total. The van der Waals surface area contributed by atoms with Gasteiger partial charge >= 0.3 is 6.03 Å². The minimum absolute atomic E-state index is 0.170. The highest BCUT2D eigenvalue weighted by Gasteiger charge is 2.25. The molecule has 33 heavy (non-hydrogen) atoms. The number of piperazine rings is 1. The maximum absolute atomic E-state index is 12.8. The lowest BCUT2D eigenvalue weighted by Crippen LogP contribution is -2.50. The van der Waals surface area contributed by atoms with Crippen molar-refractivity contribution in [2.45, 2.75) is 26.7 Å². The van der Waals surface area contributed by atoms with E-state index in [1.54, 1.807) is 23.1 Å². The summed E-state index contributed by atoms with van der Waals surface area (Å²) in [5.41, 5.74) is 4.04. The predicted octanol–water partition coefficient (Wildman–Crippen LogP) is 5.60. The minimum atomic E-state index is -0.170. The second-order valence-corrected chi connectivity index (χ2v) is 8.91. The molecule has 2 aromatic carbocycles. The van der Waals surface area contributed by atoms with Gasteiger partial charge in [-0.1, -0.05) is 60.5 Å². The van der Waals surface area contributed by atoms with E-state index < -0.39 is 0 Å². The summed E-state index contributed by atoms with van der Waals surface area (Å²) in [4.78, 5) is 26.4. The van der Waals surface area contributed by atoms with Crippen LogP contribution in [0, 0.1) is 6.92 Å². The van der Waals surface area contributed by atoms with E-state index in [0.717, 1.165) is 30.2 Å². The molecule has 0 bridgehead atoms. The number of aryl methyl sites for hydroxylation is 2. The number of nitrogens with one attached hydrogen (secondary N) is 1. The topological polar surface area (TPSA) is 61.4 Å². The number of rotatable bonds is 5. The third-order valence-electron chi connectivity index (χ3n) is 5.78. The van der Waals surface area contributed by atoms with E-state index in [1.165, 1.54) is 11.1 Å². The molecule has 1 aliphatic heterocycles. The van der Waals surface area contributed by atoms with Gasteiger partial charge < -0.3 is 15.1 Å². The number of aromatic nitrogens is 2. The van der Waals surface area contributed by atoms with Crippen LogP contribution in [0.1, 0.15) is 29.6 Å². The van der Waals surface area contributed by atoms with Crippen molar-refractivity contribution >= 4 is 40.7 Å². The molecule has 0 atom stereocenters. The maximum atomic E-state index is 12.8. The largest absolute Gasteiger partial charge is 0.353 e. The van der Waals surface area contributed by atoms with Gasteiger partial charge in [0.05, 0.1) is 10.7 Å². The van der Waals surface area contributed by atoms with Crippen LogP contribution in [0.3, 0.4) is 0 Å². The molecule has 2 heterocycles. The first-order chi connectivity index (χ1) is 15.9. The Morgan fingerprint density at radius 1 is 1.03 bits per heavy atom. The number of urea groups is 1. The monoisotopic (exact) mass is 483 g/mol. The number of carbonyl (C=O) groups excluding carboxylic acids is 1. The molecule has 1 saturated heterocycles. The first-order valence-electron chi connectivity index (χ1n) is 11.1. The van der Waals surface area contributed by atoms with Crippen molar-refractivity contribution in [2.75, 3.05) is 36.4 Å². The molecule has 1 aromatic heterocycles. The second kappa shape index (κ2) is 10.4. The van der Waals surface area contributed by atoms with Gasteiger partial charge in [-0.3, -0.25) is 0 Å². The Hall–Kier alpha value is -2.83. The number of hydrogen-bond donors (Lipinski definition) is 1. The van der Waals surface area contributed by atoms with Gasteiger partial charge in [-0.2, -0.15) is 0 Å². The summed E-state index contributed by atoms with van der Waals surface area (Å²) in [6.07, 6.45) is 1.64. The van der Waals surface area contributed by atoms with Crippen molar-refractivity contribution in [3.63, 3.8) is 0 Å². The van der Waals surface area contributed by atoms with Gasteiger partial charge in [-0.15, -0.1) is 0 Å². The van der Waals surface area contributed by atoms with E-state index in [-0.39, 0.29) is 6.03 Å². The molecule has 0 unspecified atom stereocenters. The standard InChI is InChI=1S/C25H27Cl2N5O/c1-3-22-20(15-18-7-5-4-6-8-18)24(29-17(2)28-22)31-11-13-32(14-12-31)25(33)30-23-10-9-19(26)16-21(23)27/h4-10,16H,3,11-15H2,1-2H3,(H,30,33). The number of nitrogens with zero attached hydrogens (tertiary/aromatic N) is 4. The zero-order valence-electron chi connectivity index (χ0n) is 18.8. The van der Waals surface area contributed by atoms with Crippen LogP contribution in [0.15, 0.2) is 48.5 Å². The van der Waals surface area contributed by atoms with Crippen molar-refractivity contribution in [1.82, 2.24) is 14.9 Å². The molecule has 2 amide bonds.